The van der Waals surface area contributed by atoms with E-state index in [1.807, 2.05) is 44.2 Å². The third kappa shape index (κ3) is 3.79. The van der Waals surface area contributed by atoms with Crippen molar-refractivity contribution in [2.75, 3.05) is 23.5 Å². The van der Waals surface area contributed by atoms with Crippen molar-refractivity contribution in [1.29, 1.82) is 0 Å². The number of aryl methyl sites for hydroxylation is 1. The maximum Gasteiger partial charge on any atom is 0.245 e. The van der Waals surface area contributed by atoms with Crippen LogP contribution in [0.5, 0.6) is 11.6 Å². The fourth-order valence-corrected chi connectivity index (χ4v) is 2.11. The van der Waals surface area contributed by atoms with Crippen molar-refractivity contribution in [1.82, 2.24) is 4.98 Å². The predicted molar refractivity (Wildman–Crippen MR) is 88.5 cm³/mol. The van der Waals surface area contributed by atoms with Crippen LogP contribution in [0.3, 0.4) is 0 Å². The average molecular weight is 306 g/mol. The first-order valence-corrected chi connectivity index (χ1v) is 7.46. The lowest BCUT2D eigenvalue weighted by Gasteiger charge is -2.17. The first-order valence-electron chi connectivity index (χ1n) is 6.93. The van der Waals surface area contributed by atoms with Crippen LogP contribution in [0.2, 0.25) is 0 Å². The molecule has 112 valence electrons. The quantitative estimate of drug-likeness (QED) is 0.623. The Kier molecular flexibility index (Phi) is 5.28. The maximum absolute atomic E-state index is 6.20. The number of hydrogen-bond acceptors (Lipinski definition) is 4. The lowest BCUT2D eigenvalue weighted by Crippen LogP contribution is -2.09. The highest BCUT2D eigenvalue weighted by atomic mass is 35.5. The molecule has 0 bridgehead atoms. The molecule has 0 saturated heterocycles. The van der Waals surface area contributed by atoms with Crippen LogP contribution < -0.4 is 15.8 Å². The van der Waals surface area contributed by atoms with Crippen LogP contribution in [0.4, 0.5) is 11.4 Å². The van der Waals surface area contributed by atoms with Crippen molar-refractivity contribution in [3.05, 3.63) is 41.6 Å². The van der Waals surface area contributed by atoms with E-state index >= 15 is 0 Å². The third-order valence-corrected chi connectivity index (χ3v) is 3.52. The highest BCUT2D eigenvalue weighted by Crippen LogP contribution is 2.35. The molecule has 0 amide bonds. The van der Waals surface area contributed by atoms with E-state index in [-0.39, 0.29) is 0 Å². The van der Waals surface area contributed by atoms with Gasteiger partial charge in [-0.2, -0.15) is 0 Å². The Morgan fingerprint density at radius 2 is 1.95 bits per heavy atom. The van der Waals surface area contributed by atoms with Crippen molar-refractivity contribution in [3.8, 4) is 11.6 Å². The number of benzene rings is 1. The van der Waals surface area contributed by atoms with Crippen LogP contribution in [0.15, 0.2) is 30.3 Å². The number of pyridine rings is 1. The van der Waals surface area contributed by atoms with Crippen LogP contribution in [0.1, 0.15) is 17.7 Å². The topological polar surface area (TPSA) is 60.2 Å². The number of anilines is 2. The molecule has 1 heterocycles. The normalized spacial score (nSPS) is 10.4. The van der Waals surface area contributed by atoms with E-state index in [1.165, 1.54) is 0 Å². The Bertz CT molecular complexity index is 602. The van der Waals surface area contributed by atoms with Crippen LogP contribution in [0.25, 0.3) is 0 Å². The Morgan fingerprint density at radius 1 is 1.24 bits per heavy atom. The van der Waals surface area contributed by atoms with Crippen LogP contribution in [0, 0.1) is 13.8 Å². The van der Waals surface area contributed by atoms with E-state index < -0.39 is 0 Å². The molecule has 5 heteroatoms. The molecule has 0 unspecified atom stereocenters. The molecule has 21 heavy (non-hydrogen) atoms. The Balaban J connectivity index is 2.29. The Morgan fingerprint density at radius 3 is 2.62 bits per heavy atom. The molecule has 3 N–H and O–H groups in total. The fraction of sp³-hybridized carbons (Fsp3) is 0.312. The zero-order valence-electron chi connectivity index (χ0n) is 12.3. The molecule has 4 nitrogen and oxygen atoms in total. The van der Waals surface area contributed by atoms with Gasteiger partial charge in [-0.25, -0.2) is 4.98 Å². The summed E-state index contributed by atoms with van der Waals surface area (Å²) < 4.78 is 5.79. The monoisotopic (exact) mass is 305 g/mol. The summed E-state index contributed by atoms with van der Waals surface area (Å²) in [4.78, 5) is 4.44. The van der Waals surface area contributed by atoms with E-state index in [0.717, 1.165) is 29.9 Å². The van der Waals surface area contributed by atoms with Gasteiger partial charge in [-0.15, -0.1) is 11.6 Å². The molecule has 0 atom stereocenters. The number of hydrogen-bond donors (Lipinski definition) is 2. The minimum atomic E-state index is 0.428. The molecule has 0 aliphatic carbocycles. The Hall–Kier alpha value is -1.94. The van der Waals surface area contributed by atoms with E-state index in [0.29, 0.717) is 23.2 Å². The first kappa shape index (κ1) is 15.4. The summed E-state index contributed by atoms with van der Waals surface area (Å²) in [6, 6.07) is 9.50. The second-order valence-electron chi connectivity index (χ2n) is 4.80. The summed E-state index contributed by atoms with van der Waals surface area (Å²) in [5, 5.41) is 3.32. The summed E-state index contributed by atoms with van der Waals surface area (Å²) in [5.41, 5.74) is 9.52. The van der Waals surface area contributed by atoms with E-state index in [4.69, 9.17) is 22.1 Å². The number of halogens is 1. The lowest BCUT2D eigenvalue weighted by molar-refractivity contribution is 0.464. The molecule has 0 aliphatic rings. The maximum atomic E-state index is 6.20. The van der Waals surface area contributed by atoms with E-state index in [2.05, 4.69) is 10.3 Å². The molecule has 1 aromatic heterocycles. The number of nitrogens with one attached hydrogen (secondary N) is 1. The molecule has 0 spiro atoms. The van der Waals surface area contributed by atoms with Gasteiger partial charge < -0.3 is 15.8 Å². The summed E-state index contributed by atoms with van der Waals surface area (Å²) in [6.07, 6.45) is 0.872. The zero-order chi connectivity index (χ0) is 15.2. The Labute approximate surface area is 130 Å². The number of rotatable bonds is 6. The molecule has 0 radical (unpaired) electrons. The first-order chi connectivity index (χ1) is 10.1. The molecule has 0 fully saturated rings. The van der Waals surface area contributed by atoms with Crippen LogP contribution in [-0.2, 0) is 0 Å². The SMILES string of the molecule is Cc1nc(Oc2ccccc2)c(N)c(NCCCCl)c1C. The van der Waals surface area contributed by atoms with Crippen molar-refractivity contribution in [2.45, 2.75) is 20.3 Å². The van der Waals surface area contributed by atoms with Crippen molar-refractivity contribution >= 4 is 23.0 Å². The number of alkyl halides is 1. The number of nitrogen functional groups attached to an aromatic ring is 1. The van der Waals surface area contributed by atoms with Gasteiger partial charge in [0.1, 0.15) is 11.4 Å². The van der Waals surface area contributed by atoms with E-state index in [1.54, 1.807) is 0 Å². The summed E-state index contributed by atoms with van der Waals surface area (Å²) in [6.45, 7) is 4.70. The minimum Gasteiger partial charge on any atom is -0.437 e. The predicted octanol–water partition coefficient (Wildman–Crippen LogP) is 4.11. The minimum absolute atomic E-state index is 0.428. The average Bonchev–Trinajstić information content (AvgIpc) is 2.49. The number of para-hydroxylation sites is 1. The van der Waals surface area contributed by atoms with Crippen molar-refractivity contribution < 1.29 is 4.74 Å². The van der Waals surface area contributed by atoms with Gasteiger partial charge in [-0.3, -0.25) is 0 Å². The molecular weight excluding hydrogens is 286 g/mol. The number of nitrogens with zero attached hydrogens (tertiary/aromatic N) is 1. The summed E-state index contributed by atoms with van der Waals surface area (Å²) >= 11 is 5.71. The highest BCUT2D eigenvalue weighted by molar-refractivity contribution is 6.17. The van der Waals surface area contributed by atoms with Gasteiger partial charge in [0.2, 0.25) is 5.88 Å². The molecule has 0 aliphatic heterocycles. The third-order valence-electron chi connectivity index (χ3n) is 3.26. The van der Waals surface area contributed by atoms with Gasteiger partial charge in [0, 0.05) is 18.1 Å². The van der Waals surface area contributed by atoms with Crippen molar-refractivity contribution in [3.63, 3.8) is 0 Å². The fourth-order valence-electron chi connectivity index (χ4n) is 1.97. The molecular formula is C16H20ClN3O. The summed E-state index contributed by atoms with van der Waals surface area (Å²) in [5.74, 6) is 1.76. The number of ether oxygens (including phenoxy) is 1. The second kappa shape index (κ2) is 7.18. The lowest BCUT2D eigenvalue weighted by atomic mass is 10.1. The largest absolute Gasteiger partial charge is 0.437 e. The smallest absolute Gasteiger partial charge is 0.245 e. The van der Waals surface area contributed by atoms with Crippen LogP contribution >= 0.6 is 11.6 Å². The molecule has 0 saturated carbocycles. The number of nitrogens with two attached hydrogens (primary N) is 1. The molecule has 1 aromatic carbocycles. The standard InChI is InChI=1S/C16H20ClN3O/c1-11-12(2)20-16(21-13-7-4-3-5-8-13)14(18)15(11)19-10-6-9-17/h3-5,7-8H,6,9-10,18H2,1-2H3,(H,19,20). The van der Waals surface area contributed by atoms with Gasteiger partial charge in [-0.05, 0) is 38.0 Å². The van der Waals surface area contributed by atoms with E-state index in [9.17, 15) is 0 Å². The van der Waals surface area contributed by atoms with Gasteiger partial charge in [0.25, 0.3) is 0 Å². The highest BCUT2D eigenvalue weighted by Gasteiger charge is 2.14. The summed E-state index contributed by atoms with van der Waals surface area (Å²) in [7, 11) is 0. The number of aromatic nitrogens is 1. The van der Waals surface area contributed by atoms with Gasteiger partial charge in [0.05, 0.1) is 5.69 Å². The second-order valence-corrected chi connectivity index (χ2v) is 5.18. The zero-order valence-corrected chi connectivity index (χ0v) is 13.1. The molecule has 2 rings (SSSR count). The molecule has 2 aromatic rings. The van der Waals surface area contributed by atoms with Gasteiger partial charge in [-0.1, -0.05) is 18.2 Å². The van der Waals surface area contributed by atoms with Gasteiger partial charge >= 0.3 is 0 Å². The van der Waals surface area contributed by atoms with Gasteiger partial charge in [0.15, 0.2) is 0 Å². The van der Waals surface area contributed by atoms with Crippen LogP contribution in [-0.4, -0.2) is 17.4 Å². The van der Waals surface area contributed by atoms with Crippen molar-refractivity contribution in [2.24, 2.45) is 0 Å².